The number of carbonyl (C=O) groups excluding carboxylic acids is 1. The highest BCUT2D eigenvalue weighted by atomic mass is 35.5. The van der Waals surface area contributed by atoms with Crippen LogP contribution in [0.15, 0.2) is 30.3 Å². The van der Waals surface area contributed by atoms with Gasteiger partial charge < -0.3 is 20.2 Å². The molecule has 0 spiro atoms. The molecule has 3 aromatic rings. The largest absolute Gasteiger partial charge is 0.391 e. The number of anilines is 3. The first-order valence-corrected chi connectivity index (χ1v) is 12.6. The quantitative estimate of drug-likeness (QED) is 0.461. The standard InChI is InChI=1S/C25H29ClFN7O2/c1-15-11-22(32-31-15)29-21-13-17(28-25(30-21)34-10-7-18(35)14-34)12-16-5-8-33(9-6-16)24(36)19-3-2-4-20(26)23(19)27/h2-4,11,13,16,18,35H,5-10,12,14H2,1H3,(H2,28,29,30,31,32)/t18-/m0/s1. The van der Waals surface area contributed by atoms with Gasteiger partial charge >= 0.3 is 0 Å². The number of halogens is 2. The second kappa shape index (κ2) is 10.4. The van der Waals surface area contributed by atoms with Gasteiger partial charge in [0.1, 0.15) is 5.82 Å². The lowest BCUT2D eigenvalue weighted by atomic mass is 9.91. The van der Waals surface area contributed by atoms with Gasteiger partial charge in [-0.2, -0.15) is 10.1 Å². The summed E-state index contributed by atoms with van der Waals surface area (Å²) in [6.07, 6.45) is 2.62. The van der Waals surface area contributed by atoms with Gasteiger partial charge in [-0.25, -0.2) is 9.37 Å². The van der Waals surface area contributed by atoms with Crippen molar-refractivity contribution in [1.82, 2.24) is 25.1 Å². The molecule has 1 atom stereocenters. The van der Waals surface area contributed by atoms with Crippen LogP contribution in [-0.2, 0) is 6.42 Å². The van der Waals surface area contributed by atoms with Crippen LogP contribution in [0.1, 0.15) is 41.0 Å². The molecule has 3 N–H and O–H groups in total. The Labute approximate surface area is 213 Å². The first-order chi connectivity index (χ1) is 17.4. The molecule has 2 saturated heterocycles. The van der Waals surface area contributed by atoms with Crippen molar-refractivity contribution in [3.8, 4) is 0 Å². The maximum absolute atomic E-state index is 14.3. The van der Waals surface area contributed by atoms with Gasteiger partial charge in [0.2, 0.25) is 5.95 Å². The summed E-state index contributed by atoms with van der Waals surface area (Å²) in [4.78, 5) is 26.0. The van der Waals surface area contributed by atoms with E-state index in [0.29, 0.717) is 56.1 Å². The lowest BCUT2D eigenvalue weighted by molar-refractivity contribution is 0.0685. The van der Waals surface area contributed by atoms with Crippen molar-refractivity contribution in [3.05, 3.63) is 58.1 Å². The summed E-state index contributed by atoms with van der Waals surface area (Å²) in [5, 5.41) is 20.3. The smallest absolute Gasteiger partial charge is 0.256 e. The molecular weight excluding hydrogens is 485 g/mol. The zero-order chi connectivity index (χ0) is 25.2. The minimum Gasteiger partial charge on any atom is -0.391 e. The van der Waals surface area contributed by atoms with Crippen molar-refractivity contribution in [2.45, 2.75) is 38.7 Å². The number of likely N-dealkylation sites (tertiary alicyclic amines) is 1. The topological polar surface area (TPSA) is 110 Å². The first-order valence-electron chi connectivity index (χ1n) is 12.2. The van der Waals surface area contributed by atoms with E-state index in [1.807, 2.05) is 24.0 Å². The number of β-amino-alcohol motifs (C(OH)–C–C–N with tert-alkyl or cyclic N) is 1. The van der Waals surface area contributed by atoms with Crippen molar-refractivity contribution in [2.75, 3.05) is 36.4 Å². The van der Waals surface area contributed by atoms with Crippen molar-refractivity contribution in [3.63, 3.8) is 0 Å². The number of aliphatic hydroxyl groups is 1. The molecule has 4 heterocycles. The molecule has 1 amide bonds. The number of H-pyrrole nitrogens is 1. The van der Waals surface area contributed by atoms with E-state index in [1.54, 1.807) is 11.0 Å². The van der Waals surface area contributed by atoms with E-state index >= 15 is 0 Å². The number of aromatic nitrogens is 4. The molecule has 2 aliphatic heterocycles. The van der Waals surface area contributed by atoms with Crippen LogP contribution in [-0.4, -0.2) is 68.4 Å². The Bertz CT molecular complexity index is 1240. The molecule has 9 nitrogen and oxygen atoms in total. The number of hydrogen-bond donors (Lipinski definition) is 3. The second-order valence-corrected chi connectivity index (χ2v) is 9.94. The normalized spacial score (nSPS) is 18.6. The number of amides is 1. The summed E-state index contributed by atoms with van der Waals surface area (Å²) in [7, 11) is 0. The van der Waals surface area contributed by atoms with Crippen molar-refractivity contribution >= 4 is 35.1 Å². The van der Waals surface area contributed by atoms with Crippen LogP contribution in [0.25, 0.3) is 0 Å². The first kappa shape index (κ1) is 24.5. The summed E-state index contributed by atoms with van der Waals surface area (Å²) in [6.45, 7) is 4.22. The highest BCUT2D eigenvalue weighted by Crippen LogP contribution is 2.27. The Balaban J connectivity index is 1.28. The third kappa shape index (κ3) is 5.44. The van der Waals surface area contributed by atoms with E-state index < -0.39 is 5.82 Å². The zero-order valence-corrected chi connectivity index (χ0v) is 20.8. The summed E-state index contributed by atoms with van der Waals surface area (Å²) in [6, 6.07) is 8.33. The molecule has 0 radical (unpaired) electrons. The Morgan fingerprint density at radius 2 is 2.00 bits per heavy atom. The van der Waals surface area contributed by atoms with E-state index in [4.69, 9.17) is 16.6 Å². The second-order valence-electron chi connectivity index (χ2n) is 9.54. The molecule has 11 heteroatoms. The van der Waals surface area contributed by atoms with Crippen LogP contribution in [0.3, 0.4) is 0 Å². The highest BCUT2D eigenvalue weighted by Gasteiger charge is 2.27. The summed E-state index contributed by atoms with van der Waals surface area (Å²) in [5.74, 6) is 1.23. The number of benzene rings is 1. The molecule has 2 aliphatic rings. The van der Waals surface area contributed by atoms with Crippen LogP contribution in [0.2, 0.25) is 5.02 Å². The number of aryl methyl sites for hydroxylation is 1. The van der Waals surface area contributed by atoms with Crippen LogP contribution < -0.4 is 10.2 Å². The highest BCUT2D eigenvalue weighted by molar-refractivity contribution is 6.31. The predicted molar refractivity (Wildman–Crippen MR) is 135 cm³/mol. The van der Waals surface area contributed by atoms with Gasteiger partial charge in [0, 0.05) is 49.7 Å². The number of aromatic amines is 1. The van der Waals surface area contributed by atoms with Crippen molar-refractivity contribution in [2.24, 2.45) is 5.92 Å². The molecule has 0 saturated carbocycles. The van der Waals surface area contributed by atoms with Gasteiger partial charge in [0.15, 0.2) is 11.6 Å². The predicted octanol–water partition coefficient (Wildman–Crippen LogP) is 3.71. The lowest BCUT2D eigenvalue weighted by Gasteiger charge is -2.32. The summed E-state index contributed by atoms with van der Waals surface area (Å²) < 4.78 is 14.3. The van der Waals surface area contributed by atoms with Gasteiger partial charge in [-0.3, -0.25) is 9.89 Å². The van der Waals surface area contributed by atoms with Crippen molar-refractivity contribution < 1.29 is 14.3 Å². The average molecular weight is 514 g/mol. The zero-order valence-electron chi connectivity index (χ0n) is 20.0. The Morgan fingerprint density at radius 3 is 2.69 bits per heavy atom. The van der Waals surface area contributed by atoms with Crippen LogP contribution in [0, 0.1) is 18.7 Å². The number of rotatable bonds is 6. The van der Waals surface area contributed by atoms with E-state index in [1.165, 1.54) is 12.1 Å². The van der Waals surface area contributed by atoms with E-state index in [0.717, 1.165) is 30.7 Å². The number of piperidine rings is 1. The van der Waals surface area contributed by atoms with Crippen LogP contribution >= 0.6 is 11.6 Å². The van der Waals surface area contributed by atoms with E-state index in [2.05, 4.69) is 20.5 Å². The van der Waals surface area contributed by atoms with Crippen LogP contribution in [0.5, 0.6) is 0 Å². The maximum Gasteiger partial charge on any atom is 0.256 e. The fraction of sp³-hybridized carbons (Fsp3) is 0.440. The van der Waals surface area contributed by atoms with E-state index in [9.17, 15) is 14.3 Å². The van der Waals surface area contributed by atoms with Gasteiger partial charge in [-0.1, -0.05) is 17.7 Å². The monoisotopic (exact) mass is 513 g/mol. The number of aliphatic hydroxyl groups excluding tert-OH is 1. The molecule has 190 valence electrons. The van der Waals surface area contributed by atoms with Gasteiger partial charge in [0.25, 0.3) is 5.91 Å². The van der Waals surface area contributed by atoms with Crippen LogP contribution in [0.4, 0.5) is 22.0 Å². The molecule has 0 unspecified atom stereocenters. The Kier molecular flexibility index (Phi) is 7.06. The Hall–Kier alpha value is -3.24. The maximum atomic E-state index is 14.3. The minimum atomic E-state index is -0.668. The summed E-state index contributed by atoms with van der Waals surface area (Å²) >= 11 is 5.86. The molecule has 5 rings (SSSR count). The fourth-order valence-electron chi connectivity index (χ4n) is 4.81. The molecule has 0 aliphatic carbocycles. The lowest BCUT2D eigenvalue weighted by Crippen LogP contribution is -2.39. The Morgan fingerprint density at radius 1 is 1.19 bits per heavy atom. The molecule has 36 heavy (non-hydrogen) atoms. The number of carbonyl (C=O) groups is 1. The fourth-order valence-corrected chi connectivity index (χ4v) is 4.98. The SMILES string of the molecule is Cc1cc(Nc2cc(CC3CCN(C(=O)c4cccc(Cl)c4F)CC3)nc(N3CC[C@H](O)C3)n2)n[nH]1. The molecule has 2 fully saturated rings. The molecule has 2 aromatic heterocycles. The van der Waals surface area contributed by atoms with Gasteiger partial charge in [0.05, 0.1) is 16.7 Å². The number of hydrogen-bond acceptors (Lipinski definition) is 7. The third-order valence-electron chi connectivity index (χ3n) is 6.76. The molecule has 1 aromatic carbocycles. The van der Waals surface area contributed by atoms with Crippen molar-refractivity contribution in [1.29, 1.82) is 0 Å². The minimum absolute atomic E-state index is 0.0125. The third-order valence-corrected chi connectivity index (χ3v) is 7.05. The van der Waals surface area contributed by atoms with Gasteiger partial charge in [-0.15, -0.1) is 0 Å². The van der Waals surface area contributed by atoms with Gasteiger partial charge in [-0.05, 0) is 50.7 Å². The molecular formula is C25H29ClFN7O2. The molecule has 0 bridgehead atoms. The number of nitrogens with zero attached hydrogens (tertiary/aromatic N) is 5. The summed E-state index contributed by atoms with van der Waals surface area (Å²) in [5.41, 5.74) is 1.84. The van der Waals surface area contributed by atoms with E-state index in [-0.39, 0.29) is 22.6 Å². The number of nitrogens with one attached hydrogen (secondary N) is 2. The average Bonchev–Trinajstić information content (AvgIpc) is 3.48.